The number of benzene rings is 2. The topological polar surface area (TPSA) is 19.4 Å². The van der Waals surface area contributed by atoms with Crippen LogP contribution in [0.5, 0.6) is 0 Å². The second-order valence-electron chi connectivity index (χ2n) is 6.78. The van der Waals surface area contributed by atoms with E-state index in [4.69, 9.17) is 11.6 Å². The molecule has 0 aliphatic carbocycles. The summed E-state index contributed by atoms with van der Waals surface area (Å²) in [6.07, 6.45) is 1.73. The summed E-state index contributed by atoms with van der Waals surface area (Å²) in [7, 11) is 0. The van der Waals surface area contributed by atoms with Crippen LogP contribution < -0.4 is 0 Å². The molecule has 1 aromatic heterocycles. The van der Waals surface area contributed by atoms with E-state index in [9.17, 15) is 4.39 Å². The molecule has 1 aliphatic rings. The lowest BCUT2D eigenvalue weighted by Crippen LogP contribution is -2.45. The van der Waals surface area contributed by atoms with Gasteiger partial charge in [0.25, 0.3) is 0 Å². The third kappa shape index (κ3) is 3.88. The Morgan fingerprint density at radius 2 is 1.58 bits per heavy atom. The first-order chi connectivity index (χ1) is 12.7. The number of pyridine rings is 1. The van der Waals surface area contributed by atoms with Gasteiger partial charge in [-0.3, -0.25) is 14.8 Å². The zero-order chi connectivity index (χ0) is 17.9. The van der Waals surface area contributed by atoms with Crippen LogP contribution in [0.4, 0.5) is 4.39 Å². The molecule has 2 aromatic carbocycles. The number of halogens is 2. The van der Waals surface area contributed by atoms with Gasteiger partial charge in [0.1, 0.15) is 5.82 Å². The Kier molecular flexibility index (Phi) is 5.16. The van der Waals surface area contributed by atoms with Crippen LogP contribution in [0.15, 0.2) is 54.7 Å². The van der Waals surface area contributed by atoms with Gasteiger partial charge in [-0.25, -0.2) is 4.39 Å². The first kappa shape index (κ1) is 17.4. The minimum absolute atomic E-state index is 0.204. The molecule has 1 saturated heterocycles. The van der Waals surface area contributed by atoms with Crippen LogP contribution in [0.3, 0.4) is 0 Å². The van der Waals surface area contributed by atoms with Crippen molar-refractivity contribution in [2.45, 2.75) is 13.1 Å². The van der Waals surface area contributed by atoms with E-state index < -0.39 is 0 Å². The number of hydrogen-bond donors (Lipinski definition) is 0. The van der Waals surface area contributed by atoms with E-state index in [0.29, 0.717) is 5.39 Å². The fraction of sp³-hybridized carbons (Fsp3) is 0.286. The zero-order valence-electron chi connectivity index (χ0n) is 14.5. The van der Waals surface area contributed by atoms with Gasteiger partial charge in [-0.05, 0) is 41.5 Å². The maximum atomic E-state index is 14.0. The van der Waals surface area contributed by atoms with E-state index in [0.717, 1.165) is 55.4 Å². The second kappa shape index (κ2) is 7.70. The SMILES string of the molecule is Fc1ccc(CN2CCN(Cc3ccc(Cl)cc3)CC2)c2ncccc12. The van der Waals surface area contributed by atoms with Crippen molar-refractivity contribution >= 4 is 22.5 Å². The van der Waals surface area contributed by atoms with Crippen LogP contribution in [-0.2, 0) is 13.1 Å². The summed E-state index contributed by atoms with van der Waals surface area (Å²) in [4.78, 5) is 9.27. The molecule has 3 aromatic rings. The summed E-state index contributed by atoms with van der Waals surface area (Å²) in [5.74, 6) is -0.204. The van der Waals surface area contributed by atoms with Gasteiger partial charge in [-0.2, -0.15) is 0 Å². The minimum Gasteiger partial charge on any atom is -0.297 e. The first-order valence-electron chi connectivity index (χ1n) is 8.90. The van der Waals surface area contributed by atoms with Crippen LogP contribution >= 0.6 is 11.6 Å². The number of hydrogen-bond acceptors (Lipinski definition) is 3. The molecular weight excluding hydrogens is 349 g/mol. The molecule has 0 amide bonds. The number of rotatable bonds is 4. The van der Waals surface area contributed by atoms with Crippen molar-refractivity contribution in [3.8, 4) is 0 Å². The highest BCUT2D eigenvalue weighted by Crippen LogP contribution is 2.22. The highest BCUT2D eigenvalue weighted by atomic mass is 35.5. The average Bonchev–Trinajstić information content (AvgIpc) is 2.68. The van der Waals surface area contributed by atoms with Crippen molar-refractivity contribution in [1.82, 2.24) is 14.8 Å². The van der Waals surface area contributed by atoms with E-state index in [1.165, 1.54) is 5.56 Å². The highest BCUT2D eigenvalue weighted by Gasteiger charge is 2.18. The first-order valence-corrected chi connectivity index (χ1v) is 9.28. The van der Waals surface area contributed by atoms with E-state index in [1.807, 2.05) is 18.2 Å². The molecule has 134 valence electrons. The van der Waals surface area contributed by atoms with Crippen molar-refractivity contribution in [3.05, 3.63) is 76.7 Å². The normalized spacial score (nSPS) is 16.2. The van der Waals surface area contributed by atoms with Crippen LogP contribution in [-0.4, -0.2) is 41.0 Å². The van der Waals surface area contributed by atoms with Crippen LogP contribution in [0.2, 0.25) is 5.02 Å². The molecular formula is C21H21ClFN3. The second-order valence-corrected chi connectivity index (χ2v) is 7.22. The molecule has 4 rings (SSSR count). The predicted octanol–water partition coefficient (Wildman–Crippen LogP) is 4.35. The van der Waals surface area contributed by atoms with Crippen molar-refractivity contribution in [2.75, 3.05) is 26.2 Å². The van der Waals surface area contributed by atoms with E-state index in [2.05, 4.69) is 26.9 Å². The Labute approximate surface area is 158 Å². The number of piperazine rings is 1. The van der Waals surface area contributed by atoms with Crippen LogP contribution in [0.1, 0.15) is 11.1 Å². The van der Waals surface area contributed by atoms with Crippen LogP contribution in [0, 0.1) is 5.82 Å². The molecule has 0 atom stereocenters. The lowest BCUT2D eigenvalue weighted by Gasteiger charge is -2.34. The molecule has 3 nitrogen and oxygen atoms in total. The fourth-order valence-corrected chi connectivity index (χ4v) is 3.64. The number of aromatic nitrogens is 1. The molecule has 1 fully saturated rings. The third-order valence-corrected chi connectivity index (χ3v) is 5.23. The van der Waals surface area contributed by atoms with E-state index in [-0.39, 0.29) is 5.82 Å². The van der Waals surface area contributed by atoms with Gasteiger partial charge in [-0.1, -0.05) is 29.8 Å². The lowest BCUT2D eigenvalue weighted by molar-refractivity contribution is 0.122. The summed E-state index contributed by atoms with van der Waals surface area (Å²) in [6.45, 7) is 5.80. The molecule has 0 unspecified atom stereocenters. The smallest absolute Gasteiger partial charge is 0.132 e. The lowest BCUT2D eigenvalue weighted by atomic mass is 10.1. The third-order valence-electron chi connectivity index (χ3n) is 4.98. The standard InChI is InChI=1S/C21H21ClFN3/c22-18-6-3-16(4-7-18)14-25-10-12-26(13-11-25)15-17-5-8-20(23)19-2-1-9-24-21(17)19/h1-9H,10-15H2. The highest BCUT2D eigenvalue weighted by molar-refractivity contribution is 6.30. The summed E-state index contributed by atoms with van der Waals surface area (Å²) >= 11 is 5.95. The molecule has 26 heavy (non-hydrogen) atoms. The molecule has 1 aliphatic heterocycles. The summed E-state index contributed by atoms with van der Waals surface area (Å²) < 4.78 is 14.0. The van der Waals surface area contributed by atoms with E-state index >= 15 is 0 Å². The van der Waals surface area contributed by atoms with Crippen molar-refractivity contribution in [1.29, 1.82) is 0 Å². The van der Waals surface area contributed by atoms with Gasteiger partial charge < -0.3 is 0 Å². The van der Waals surface area contributed by atoms with Crippen molar-refractivity contribution in [2.24, 2.45) is 0 Å². The monoisotopic (exact) mass is 369 g/mol. The Bertz CT molecular complexity index is 889. The number of nitrogens with zero attached hydrogens (tertiary/aromatic N) is 3. The Morgan fingerprint density at radius 1 is 0.885 bits per heavy atom. The van der Waals surface area contributed by atoms with Crippen molar-refractivity contribution in [3.63, 3.8) is 0 Å². The molecule has 0 bridgehead atoms. The Hall–Kier alpha value is -2.01. The van der Waals surface area contributed by atoms with Crippen LogP contribution in [0.25, 0.3) is 10.9 Å². The molecule has 0 radical (unpaired) electrons. The average molecular weight is 370 g/mol. The van der Waals surface area contributed by atoms with E-state index in [1.54, 1.807) is 24.4 Å². The zero-order valence-corrected chi connectivity index (χ0v) is 15.3. The molecule has 0 saturated carbocycles. The quantitative estimate of drug-likeness (QED) is 0.681. The van der Waals surface area contributed by atoms with Gasteiger partial charge in [0.15, 0.2) is 0 Å². The minimum atomic E-state index is -0.204. The fourth-order valence-electron chi connectivity index (χ4n) is 3.52. The van der Waals surface area contributed by atoms with Gasteiger partial charge in [0.2, 0.25) is 0 Å². The summed E-state index contributed by atoms with van der Waals surface area (Å²) in [6, 6.07) is 15.1. The predicted molar refractivity (Wildman–Crippen MR) is 104 cm³/mol. The molecule has 2 heterocycles. The number of fused-ring (bicyclic) bond motifs is 1. The molecule has 0 N–H and O–H groups in total. The summed E-state index contributed by atoms with van der Waals surface area (Å²) in [5, 5.41) is 1.38. The van der Waals surface area contributed by atoms with Gasteiger partial charge in [0, 0.05) is 55.9 Å². The Morgan fingerprint density at radius 3 is 2.31 bits per heavy atom. The molecule has 0 spiro atoms. The summed E-state index contributed by atoms with van der Waals surface area (Å²) in [5.41, 5.74) is 3.15. The van der Waals surface area contributed by atoms with Gasteiger partial charge >= 0.3 is 0 Å². The molecule has 5 heteroatoms. The maximum Gasteiger partial charge on any atom is 0.132 e. The van der Waals surface area contributed by atoms with Crippen molar-refractivity contribution < 1.29 is 4.39 Å². The van der Waals surface area contributed by atoms with Gasteiger partial charge in [0.05, 0.1) is 5.52 Å². The Balaban J connectivity index is 1.38. The largest absolute Gasteiger partial charge is 0.297 e. The maximum absolute atomic E-state index is 14.0. The van der Waals surface area contributed by atoms with Gasteiger partial charge in [-0.15, -0.1) is 0 Å².